The van der Waals surface area contributed by atoms with E-state index in [1.54, 1.807) is 18.3 Å². The molecule has 0 aliphatic carbocycles. The number of ether oxygens (including phenoxy) is 1. The van der Waals surface area contributed by atoms with Gasteiger partial charge in [-0.2, -0.15) is 5.10 Å². The highest BCUT2D eigenvalue weighted by atomic mass is 19.1. The van der Waals surface area contributed by atoms with Crippen LogP contribution >= 0.6 is 0 Å². The normalized spacial score (nSPS) is 17.9. The summed E-state index contributed by atoms with van der Waals surface area (Å²) in [6.07, 6.45) is 4.06. The molecule has 36 heavy (non-hydrogen) atoms. The fraction of sp³-hybridized carbons (Fsp3) is 0.333. The molecular weight excluding hydrogens is 461 g/mol. The van der Waals surface area contributed by atoms with Gasteiger partial charge in [0.25, 0.3) is 0 Å². The van der Waals surface area contributed by atoms with Crippen LogP contribution in [-0.2, 0) is 16.0 Å². The van der Waals surface area contributed by atoms with Crippen molar-refractivity contribution in [1.82, 2.24) is 15.1 Å². The van der Waals surface area contributed by atoms with Crippen LogP contribution in [0.25, 0.3) is 0 Å². The highest BCUT2D eigenvalue weighted by Crippen LogP contribution is 2.26. The summed E-state index contributed by atoms with van der Waals surface area (Å²) < 4.78 is 19.5. The van der Waals surface area contributed by atoms with E-state index in [2.05, 4.69) is 15.5 Å². The first kappa shape index (κ1) is 23.7. The number of hydrogen-bond donors (Lipinski definition) is 1. The zero-order valence-electron chi connectivity index (χ0n) is 19.8. The van der Waals surface area contributed by atoms with Gasteiger partial charge in [0.2, 0.25) is 11.8 Å². The van der Waals surface area contributed by atoms with Gasteiger partial charge in [0, 0.05) is 44.4 Å². The third-order valence-corrected chi connectivity index (χ3v) is 6.64. The molecule has 0 saturated carbocycles. The van der Waals surface area contributed by atoms with Gasteiger partial charge in [-0.1, -0.05) is 12.1 Å². The highest BCUT2D eigenvalue weighted by Gasteiger charge is 2.35. The van der Waals surface area contributed by atoms with Crippen molar-refractivity contribution in [2.45, 2.75) is 37.8 Å². The highest BCUT2D eigenvalue weighted by molar-refractivity contribution is 5.97. The minimum absolute atomic E-state index is 0.00322. The lowest BCUT2D eigenvalue weighted by molar-refractivity contribution is -0.132. The van der Waals surface area contributed by atoms with E-state index in [0.29, 0.717) is 30.2 Å². The van der Waals surface area contributed by atoms with Gasteiger partial charge in [-0.25, -0.2) is 4.39 Å². The zero-order chi connectivity index (χ0) is 24.9. The molecule has 2 aromatic carbocycles. The van der Waals surface area contributed by atoms with Gasteiger partial charge in [-0.15, -0.1) is 5.10 Å². The van der Waals surface area contributed by atoms with E-state index < -0.39 is 0 Å². The van der Waals surface area contributed by atoms with E-state index in [0.717, 1.165) is 31.6 Å². The molecule has 9 heteroatoms. The largest absolute Gasteiger partial charge is 0.490 e. The lowest BCUT2D eigenvalue weighted by atomic mass is 10.0. The van der Waals surface area contributed by atoms with Gasteiger partial charge in [0.1, 0.15) is 23.7 Å². The number of carbonyl (C=O) groups excluding carboxylic acids is 2. The first-order chi connectivity index (χ1) is 17.5. The van der Waals surface area contributed by atoms with Gasteiger partial charge < -0.3 is 19.9 Å². The molecule has 1 unspecified atom stereocenters. The van der Waals surface area contributed by atoms with Crippen molar-refractivity contribution in [3.05, 3.63) is 78.2 Å². The van der Waals surface area contributed by atoms with Crippen LogP contribution in [0.3, 0.4) is 0 Å². The monoisotopic (exact) mass is 489 g/mol. The zero-order valence-corrected chi connectivity index (χ0v) is 19.8. The van der Waals surface area contributed by atoms with Crippen LogP contribution in [0, 0.1) is 5.82 Å². The number of nitrogens with zero attached hydrogens (tertiary/aromatic N) is 4. The fourth-order valence-corrected chi connectivity index (χ4v) is 4.57. The maximum atomic E-state index is 13.4. The number of likely N-dealkylation sites (tertiary alicyclic amines) is 1. The Labute approximate surface area is 209 Å². The maximum Gasteiger partial charge on any atom is 0.247 e. The summed E-state index contributed by atoms with van der Waals surface area (Å²) in [4.78, 5) is 29.0. The molecule has 2 aliphatic rings. The molecule has 8 nitrogen and oxygen atoms in total. The molecule has 5 rings (SSSR count). The van der Waals surface area contributed by atoms with Crippen molar-refractivity contribution in [3.63, 3.8) is 0 Å². The van der Waals surface area contributed by atoms with Crippen molar-refractivity contribution >= 4 is 23.3 Å². The molecule has 2 saturated heterocycles. The van der Waals surface area contributed by atoms with E-state index in [1.807, 2.05) is 46.2 Å². The molecule has 1 N–H and O–H groups in total. The summed E-state index contributed by atoms with van der Waals surface area (Å²) in [7, 11) is 0. The van der Waals surface area contributed by atoms with E-state index in [-0.39, 0.29) is 36.2 Å². The first-order valence-electron chi connectivity index (χ1n) is 12.2. The molecule has 3 aromatic rings. The minimum atomic E-state index is -0.329. The van der Waals surface area contributed by atoms with Crippen molar-refractivity contribution in [1.29, 1.82) is 0 Å². The Kier molecular flexibility index (Phi) is 7.06. The number of carbonyl (C=O) groups is 2. The summed E-state index contributed by atoms with van der Waals surface area (Å²) >= 11 is 0. The Morgan fingerprint density at radius 2 is 1.81 bits per heavy atom. The smallest absolute Gasteiger partial charge is 0.247 e. The van der Waals surface area contributed by atoms with E-state index in [1.165, 1.54) is 12.1 Å². The average molecular weight is 490 g/mol. The summed E-state index contributed by atoms with van der Waals surface area (Å²) in [5.41, 5.74) is 1.39. The Balaban J connectivity index is 1.07. The number of hydrogen-bond acceptors (Lipinski definition) is 6. The van der Waals surface area contributed by atoms with Crippen molar-refractivity contribution in [2.75, 3.05) is 29.9 Å². The van der Waals surface area contributed by atoms with Gasteiger partial charge in [-0.05, 0) is 60.5 Å². The molecule has 0 spiro atoms. The number of rotatable bonds is 7. The van der Waals surface area contributed by atoms with Crippen LogP contribution in [0.5, 0.6) is 5.75 Å². The van der Waals surface area contributed by atoms with Crippen molar-refractivity contribution < 1.29 is 18.7 Å². The van der Waals surface area contributed by atoms with Crippen LogP contribution < -0.4 is 15.0 Å². The molecule has 0 radical (unpaired) electrons. The molecule has 2 aliphatic heterocycles. The Bertz CT molecular complexity index is 1200. The number of benzene rings is 2. The van der Waals surface area contributed by atoms with Crippen LogP contribution in [0.15, 0.2) is 66.9 Å². The standard InChI is InChI=1S/C27H28FN5O3/c28-20-4-1-3-19(17-20)18-26(34)32-14-10-23(11-15-32)36-22-8-6-21(7-9-22)30-27(35)24-12-16-33(24)25-5-2-13-29-31-25/h1-9,13,17,23-24H,10-12,14-16,18H2,(H,30,35). The molecule has 186 valence electrons. The quantitative estimate of drug-likeness (QED) is 0.547. The summed E-state index contributed by atoms with van der Waals surface area (Å²) in [5, 5.41) is 10.9. The van der Waals surface area contributed by atoms with Crippen molar-refractivity contribution in [3.8, 4) is 5.75 Å². The summed E-state index contributed by atoms with van der Waals surface area (Å²) in [6.45, 7) is 1.99. The third kappa shape index (κ3) is 5.62. The Hall–Kier alpha value is -4.01. The summed E-state index contributed by atoms with van der Waals surface area (Å²) in [5.74, 6) is 1.03. The van der Waals surface area contributed by atoms with Crippen LogP contribution in [0.4, 0.5) is 15.9 Å². The molecule has 2 fully saturated rings. The Morgan fingerprint density at radius 3 is 2.47 bits per heavy atom. The van der Waals surface area contributed by atoms with Gasteiger partial charge in [-0.3, -0.25) is 9.59 Å². The lowest BCUT2D eigenvalue weighted by Gasteiger charge is -2.40. The molecule has 2 amide bonds. The van der Waals surface area contributed by atoms with Gasteiger partial charge >= 0.3 is 0 Å². The molecule has 0 bridgehead atoms. The molecular formula is C27H28FN5O3. The topological polar surface area (TPSA) is 87.7 Å². The van der Waals surface area contributed by atoms with Gasteiger partial charge in [0.05, 0.1) is 6.42 Å². The molecule has 1 atom stereocenters. The minimum Gasteiger partial charge on any atom is -0.490 e. The molecule has 1 aromatic heterocycles. The number of anilines is 2. The third-order valence-electron chi connectivity index (χ3n) is 6.64. The maximum absolute atomic E-state index is 13.4. The van der Waals surface area contributed by atoms with Crippen LogP contribution in [-0.4, -0.2) is 58.7 Å². The molecule has 3 heterocycles. The second-order valence-electron chi connectivity index (χ2n) is 9.10. The number of halogens is 1. The number of piperidine rings is 1. The van der Waals surface area contributed by atoms with Crippen LogP contribution in [0.2, 0.25) is 0 Å². The second-order valence-corrected chi connectivity index (χ2v) is 9.10. The average Bonchev–Trinajstić information content (AvgIpc) is 2.86. The lowest BCUT2D eigenvalue weighted by Crippen LogP contribution is -2.55. The number of nitrogens with one attached hydrogen (secondary N) is 1. The first-order valence-corrected chi connectivity index (χ1v) is 12.2. The van der Waals surface area contributed by atoms with E-state index in [9.17, 15) is 14.0 Å². The second kappa shape index (κ2) is 10.7. The van der Waals surface area contributed by atoms with Crippen LogP contribution in [0.1, 0.15) is 24.8 Å². The predicted molar refractivity (Wildman–Crippen MR) is 133 cm³/mol. The van der Waals surface area contributed by atoms with E-state index in [4.69, 9.17) is 4.74 Å². The van der Waals surface area contributed by atoms with Crippen molar-refractivity contribution in [2.24, 2.45) is 0 Å². The predicted octanol–water partition coefficient (Wildman–Crippen LogP) is 3.45. The SMILES string of the molecule is O=C(Nc1ccc(OC2CCN(C(=O)Cc3cccc(F)c3)CC2)cc1)C1CCN1c1cccnn1. The fourth-order valence-electron chi connectivity index (χ4n) is 4.57. The summed E-state index contributed by atoms with van der Waals surface area (Å²) in [6, 6.07) is 16.9. The number of amides is 2. The van der Waals surface area contributed by atoms with E-state index >= 15 is 0 Å². The number of aromatic nitrogens is 2. The Morgan fingerprint density at radius 1 is 1.00 bits per heavy atom. The van der Waals surface area contributed by atoms with Gasteiger partial charge in [0.15, 0.2) is 5.82 Å².